The molecule has 0 amide bonds. The van der Waals surface area contributed by atoms with E-state index in [0.717, 1.165) is 16.7 Å². The van der Waals surface area contributed by atoms with Crippen LogP contribution in [0.1, 0.15) is 11.5 Å². The van der Waals surface area contributed by atoms with Gasteiger partial charge in [0.25, 0.3) is 0 Å². The van der Waals surface area contributed by atoms with Gasteiger partial charge in [0.2, 0.25) is 5.16 Å². The van der Waals surface area contributed by atoms with E-state index < -0.39 is 0 Å². The van der Waals surface area contributed by atoms with Gasteiger partial charge < -0.3 is 5.43 Å². The second kappa shape index (κ2) is 4.95. The number of thioether (sulfide) groups is 1. The van der Waals surface area contributed by atoms with E-state index in [4.69, 9.17) is 5.84 Å². The highest BCUT2D eigenvalue weighted by atomic mass is 32.2. The zero-order chi connectivity index (χ0) is 11.4. The molecular weight excluding hydrogens is 224 g/mol. The summed E-state index contributed by atoms with van der Waals surface area (Å²) in [4.78, 5) is 8.49. The topological polar surface area (TPSA) is 92.5 Å². The number of nitrogens with zero attached hydrogens (tertiary/aromatic N) is 3. The van der Waals surface area contributed by atoms with Crippen molar-refractivity contribution in [2.24, 2.45) is 5.84 Å². The molecule has 2 heterocycles. The fraction of sp³-hybridized carbons (Fsp3) is 0.222. The number of rotatable bonds is 4. The van der Waals surface area contributed by atoms with Crippen LogP contribution in [0.15, 0.2) is 23.4 Å². The van der Waals surface area contributed by atoms with Crippen LogP contribution in [0.4, 0.5) is 5.82 Å². The number of nitrogen functional groups attached to an aromatic ring is 1. The Bertz CT molecular complexity index is 469. The van der Waals surface area contributed by atoms with Gasteiger partial charge in [0.05, 0.1) is 5.69 Å². The van der Waals surface area contributed by atoms with Gasteiger partial charge in [-0.15, -0.1) is 5.10 Å². The van der Waals surface area contributed by atoms with Crippen molar-refractivity contribution < 1.29 is 0 Å². The van der Waals surface area contributed by atoms with Gasteiger partial charge in [-0.1, -0.05) is 17.8 Å². The Balaban J connectivity index is 1.99. The molecule has 84 valence electrons. The largest absolute Gasteiger partial charge is 0.308 e. The van der Waals surface area contributed by atoms with Crippen molar-refractivity contribution in [3.05, 3.63) is 29.7 Å². The van der Waals surface area contributed by atoms with Crippen LogP contribution in [-0.2, 0) is 5.75 Å². The molecule has 0 radical (unpaired) electrons. The Morgan fingerprint density at radius 3 is 3.00 bits per heavy atom. The summed E-state index contributed by atoms with van der Waals surface area (Å²) in [7, 11) is 0. The van der Waals surface area contributed by atoms with Crippen LogP contribution in [0.25, 0.3) is 0 Å². The molecule has 16 heavy (non-hydrogen) atoms. The third-order valence-electron chi connectivity index (χ3n) is 1.88. The molecule has 6 nitrogen and oxygen atoms in total. The van der Waals surface area contributed by atoms with Crippen molar-refractivity contribution in [3.8, 4) is 0 Å². The first-order valence-corrected chi connectivity index (χ1v) is 5.71. The Morgan fingerprint density at radius 2 is 2.31 bits per heavy atom. The molecule has 0 aliphatic rings. The Hall–Kier alpha value is -1.60. The van der Waals surface area contributed by atoms with Gasteiger partial charge in [0, 0.05) is 5.75 Å². The van der Waals surface area contributed by atoms with Gasteiger partial charge in [0.1, 0.15) is 11.6 Å². The predicted molar refractivity (Wildman–Crippen MR) is 62.7 cm³/mol. The van der Waals surface area contributed by atoms with Crippen molar-refractivity contribution in [2.45, 2.75) is 17.8 Å². The van der Waals surface area contributed by atoms with E-state index in [1.807, 2.05) is 25.1 Å². The quantitative estimate of drug-likeness (QED) is 0.418. The molecule has 0 aromatic carbocycles. The van der Waals surface area contributed by atoms with Crippen LogP contribution in [0, 0.1) is 6.92 Å². The van der Waals surface area contributed by atoms with Crippen molar-refractivity contribution >= 4 is 17.6 Å². The summed E-state index contributed by atoms with van der Waals surface area (Å²) in [6.45, 7) is 1.87. The molecule has 0 aliphatic carbocycles. The average Bonchev–Trinajstić information content (AvgIpc) is 2.73. The number of nitrogens with one attached hydrogen (secondary N) is 2. The number of aromatic nitrogens is 4. The molecule has 2 aromatic rings. The summed E-state index contributed by atoms with van der Waals surface area (Å²) in [6, 6.07) is 5.65. The Labute approximate surface area is 97.0 Å². The summed E-state index contributed by atoms with van der Waals surface area (Å²) >= 11 is 1.53. The van der Waals surface area contributed by atoms with Gasteiger partial charge in [-0.25, -0.2) is 15.8 Å². The van der Waals surface area contributed by atoms with Crippen LogP contribution in [0.5, 0.6) is 0 Å². The molecule has 0 aliphatic heterocycles. The molecule has 0 saturated carbocycles. The van der Waals surface area contributed by atoms with Gasteiger partial charge in [-0.05, 0) is 19.1 Å². The zero-order valence-electron chi connectivity index (χ0n) is 8.77. The van der Waals surface area contributed by atoms with Crippen molar-refractivity contribution in [1.82, 2.24) is 20.2 Å². The second-order valence-electron chi connectivity index (χ2n) is 3.15. The maximum Gasteiger partial charge on any atom is 0.208 e. The summed E-state index contributed by atoms with van der Waals surface area (Å²) in [5.41, 5.74) is 3.45. The van der Waals surface area contributed by atoms with Crippen LogP contribution in [0.2, 0.25) is 0 Å². The molecular formula is C9H12N6S. The predicted octanol–water partition coefficient (Wildman–Crippen LogP) is 1.09. The fourth-order valence-electron chi connectivity index (χ4n) is 1.17. The van der Waals surface area contributed by atoms with Gasteiger partial charge >= 0.3 is 0 Å². The van der Waals surface area contributed by atoms with E-state index in [9.17, 15) is 0 Å². The first kappa shape index (κ1) is 10.9. The minimum Gasteiger partial charge on any atom is -0.308 e. The summed E-state index contributed by atoms with van der Waals surface area (Å²) < 4.78 is 0. The van der Waals surface area contributed by atoms with E-state index in [1.54, 1.807) is 0 Å². The van der Waals surface area contributed by atoms with Crippen LogP contribution in [-0.4, -0.2) is 20.2 Å². The molecule has 7 heteroatoms. The maximum atomic E-state index is 5.28. The molecule has 0 bridgehead atoms. The highest BCUT2D eigenvalue weighted by molar-refractivity contribution is 7.98. The molecule has 0 atom stereocenters. The average molecular weight is 236 g/mol. The number of hydrogen-bond acceptors (Lipinski definition) is 6. The van der Waals surface area contributed by atoms with Crippen molar-refractivity contribution in [2.75, 3.05) is 5.43 Å². The summed E-state index contributed by atoms with van der Waals surface area (Å²) in [5.74, 6) is 7.46. The molecule has 0 spiro atoms. The Morgan fingerprint density at radius 1 is 1.44 bits per heavy atom. The van der Waals surface area contributed by atoms with E-state index in [2.05, 4.69) is 25.6 Å². The van der Waals surface area contributed by atoms with Gasteiger partial charge in [-0.2, -0.15) is 0 Å². The number of aryl methyl sites for hydroxylation is 1. The second-order valence-corrected chi connectivity index (χ2v) is 4.09. The van der Waals surface area contributed by atoms with Crippen LogP contribution < -0.4 is 11.3 Å². The number of pyridine rings is 1. The Kier molecular flexibility index (Phi) is 3.37. The lowest BCUT2D eigenvalue weighted by molar-refractivity contribution is 0.967. The first-order chi connectivity index (χ1) is 7.78. The standard InChI is InChI=1S/C9H12N6S/c1-6-11-9(15-14-6)16-5-7-3-2-4-8(12-7)13-10/h2-4H,5,10H2,1H3,(H,12,13)(H,11,14,15). The third-order valence-corrected chi connectivity index (χ3v) is 2.76. The monoisotopic (exact) mass is 236 g/mol. The summed E-state index contributed by atoms with van der Waals surface area (Å²) in [5, 5.41) is 7.55. The number of H-pyrrole nitrogens is 1. The van der Waals surface area contributed by atoms with Crippen molar-refractivity contribution in [3.63, 3.8) is 0 Å². The minimum atomic E-state index is 0.657. The van der Waals surface area contributed by atoms with E-state index in [-0.39, 0.29) is 0 Å². The molecule has 4 N–H and O–H groups in total. The lowest BCUT2D eigenvalue weighted by Crippen LogP contribution is -2.08. The first-order valence-electron chi connectivity index (χ1n) is 4.72. The number of nitrogens with two attached hydrogens (primary N) is 1. The maximum absolute atomic E-state index is 5.28. The highest BCUT2D eigenvalue weighted by Gasteiger charge is 2.02. The van der Waals surface area contributed by atoms with Crippen LogP contribution in [0.3, 0.4) is 0 Å². The van der Waals surface area contributed by atoms with Crippen LogP contribution >= 0.6 is 11.8 Å². The zero-order valence-corrected chi connectivity index (χ0v) is 9.58. The smallest absolute Gasteiger partial charge is 0.208 e. The molecule has 2 aromatic heterocycles. The number of hydrogen-bond donors (Lipinski definition) is 3. The van der Waals surface area contributed by atoms with Gasteiger partial charge in [0.15, 0.2) is 0 Å². The lowest BCUT2D eigenvalue weighted by atomic mass is 10.4. The van der Waals surface area contributed by atoms with E-state index in [1.165, 1.54) is 11.8 Å². The lowest BCUT2D eigenvalue weighted by Gasteiger charge is -2.01. The number of aromatic amines is 1. The van der Waals surface area contributed by atoms with E-state index >= 15 is 0 Å². The fourth-order valence-corrected chi connectivity index (χ4v) is 1.92. The molecule has 0 fully saturated rings. The number of anilines is 1. The normalized spacial score (nSPS) is 10.4. The molecule has 2 rings (SSSR count). The molecule has 0 saturated heterocycles. The summed E-state index contributed by atoms with van der Waals surface area (Å²) in [6.07, 6.45) is 0. The molecule has 0 unspecified atom stereocenters. The number of hydrazine groups is 1. The van der Waals surface area contributed by atoms with E-state index in [0.29, 0.717) is 11.6 Å². The highest BCUT2D eigenvalue weighted by Crippen LogP contribution is 2.18. The third kappa shape index (κ3) is 2.71. The van der Waals surface area contributed by atoms with Crippen molar-refractivity contribution in [1.29, 1.82) is 0 Å². The minimum absolute atomic E-state index is 0.657. The SMILES string of the molecule is Cc1nc(SCc2cccc(NN)n2)n[nH]1. The van der Waals surface area contributed by atoms with Gasteiger partial charge in [-0.3, -0.25) is 5.10 Å².